The molecule has 160 valence electrons. The summed E-state index contributed by atoms with van der Waals surface area (Å²) in [4.78, 5) is 17.1. The van der Waals surface area contributed by atoms with E-state index in [1.165, 1.54) is 53.2 Å². The average Bonchev–Trinajstić information content (AvgIpc) is 3.42. The van der Waals surface area contributed by atoms with E-state index < -0.39 is 10.0 Å². The summed E-state index contributed by atoms with van der Waals surface area (Å²) in [7, 11) is -0.688. The zero-order valence-corrected chi connectivity index (χ0v) is 18.4. The number of sulfonamides is 1. The smallest absolute Gasteiger partial charge is 0.257 e. The third kappa shape index (κ3) is 4.31. The zero-order valence-electron chi connectivity index (χ0n) is 16.7. The van der Waals surface area contributed by atoms with Gasteiger partial charge in [-0.3, -0.25) is 10.1 Å². The van der Waals surface area contributed by atoms with Crippen molar-refractivity contribution in [3.05, 3.63) is 72.2 Å². The van der Waals surface area contributed by atoms with Crippen LogP contribution in [0.15, 0.2) is 70.2 Å². The van der Waals surface area contributed by atoms with Crippen molar-refractivity contribution in [2.24, 2.45) is 0 Å². The molecule has 0 aliphatic heterocycles. The molecule has 0 saturated carbocycles. The normalized spacial score (nSPS) is 11.7. The molecule has 2 aromatic heterocycles. The van der Waals surface area contributed by atoms with Gasteiger partial charge in [-0.15, -0.1) is 0 Å². The first-order valence-electron chi connectivity index (χ1n) is 9.22. The summed E-state index contributed by atoms with van der Waals surface area (Å²) in [6.45, 7) is 0.110. The first kappa shape index (κ1) is 21.0. The van der Waals surface area contributed by atoms with Gasteiger partial charge in [-0.25, -0.2) is 13.4 Å². The maximum atomic E-state index is 12.8. The van der Waals surface area contributed by atoms with Crippen LogP contribution < -0.4 is 10.1 Å². The summed E-state index contributed by atoms with van der Waals surface area (Å²) in [5.74, 6) is 0.780. The summed E-state index contributed by atoms with van der Waals surface area (Å²) < 4.78 is 38.1. The van der Waals surface area contributed by atoms with Gasteiger partial charge in [-0.1, -0.05) is 17.4 Å². The van der Waals surface area contributed by atoms with Crippen LogP contribution in [0, 0.1) is 0 Å². The Morgan fingerprint density at radius 1 is 1.16 bits per heavy atom. The summed E-state index contributed by atoms with van der Waals surface area (Å²) in [6.07, 6.45) is 1.49. The lowest BCUT2D eigenvalue weighted by atomic mass is 10.2. The summed E-state index contributed by atoms with van der Waals surface area (Å²) in [5, 5.41) is 3.18. The molecule has 0 spiro atoms. The number of ether oxygens (including phenoxy) is 1. The lowest BCUT2D eigenvalue weighted by Crippen LogP contribution is -2.26. The largest absolute Gasteiger partial charge is 0.494 e. The highest BCUT2D eigenvalue weighted by Gasteiger charge is 2.22. The third-order valence-electron chi connectivity index (χ3n) is 4.61. The van der Waals surface area contributed by atoms with Crippen LogP contribution in [0.3, 0.4) is 0 Å². The maximum Gasteiger partial charge on any atom is 0.257 e. The number of carbonyl (C=O) groups excluding carboxylic acids is 1. The van der Waals surface area contributed by atoms with Crippen molar-refractivity contribution in [1.29, 1.82) is 0 Å². The SMILES string of the molecule is COc1cccc2sc(NC(=O)c3ccc(S(=O)(=O)N(C)Cc4ccco4)cc3)nc12. The standard InChI is InChI=1S/C21H19N3O5S2/c1-24(13-15-5-4-12-29-15)31(26,27)16-10-8-14(9-11-16)20(25)23-21-22-19-17(28-2)6-3-7-18(19)30-21/h3-12H,13H2,1-2H3,(H,22,23,25). The monoisotopic (exact) mass is 457 g/mol. The number of thiazole rings is 1. The van der Waals surface area contributed by atoms with Crippen LogP contribution in [0.1, 0.15) is 16.1 Å². The van der Waals surface area contributed by atoms with Crippen LogP contribution in [0.2, 0.25) is 0 Å². The Bertz CT molecular complexity index is 1310. The van der Waals surface area contributed by atoms with Gasteiger partial charge in [0.1, 0.15) is 17.0 Å². The van der Waals surface area contributed by atoms with Gasteiger partial charge in [0, 0.05) is 12.6 Å². The summed E-state index contributed by atoms with van der Waals surface area (Å²) in [6, 6.07) is 14.7. The number of rotatable bonds is 7. The number of aromatic nitrogens is 1. The van der Waals surface area contributed by atoms with E-state index in [1.54, 1.807) is 25.3 Å². The molecule has 0 aliphatic rings. The minimum Gasteiger partial charge on any atom is -0.494 e. The lowest BCUT2D eigenvalue weighted by molar-refractivity contribution is 0.102. The number of hydrogen-bond acceptors (Lipinski definition) is 7. The topological polar surface area (TPSA) is 102 Å². The minimum atomic E-state index is -3.72. The Kier molecular flexibility index (Phi) is 5.77. The van der Waals surface area contributed by atoms with Gasteiger partial charge in [-0.2, -0.15) is 4.31 Å². The number of nitrogens with one attached hydrogen (secondary N) is 1. The Balaban J connectivity index is 1.49. The second-order valence-corrected chi connectivity index (χ2v) is 9.72. The van der Waals surface area contributed by atoms with Gasteiger partial charge >= 0.3 is 0 Å². The molecule has 0 atom stereocenters. The Morgan fingerprint density at radius 2 is 1.94 bits per heavy atom. The van der Waals surface area contributed by atoms with Crippen LogP contribution in [0.5, 0.6) is 5.75 Å². The average molecular weight is 458 g/mol. The van der Waals surface area contributed by atoms with Crippen molar-refractivity contribution in [2.75, 3.05) is 19.5 Å². The van der Waals surface area contributed by atoms with Crippen molar-refractivity contribution < 1.29 is 22.4 Å². The zero-order chi connectivity index (χ0) is 22.0. The number of methoxy groups -OCH3 is 1. The van der Waals surface area contributed by atoms with Crippen molar-refractivity contribution in [3.63, 3.8) is 0 Å². The van der Waals surface area contributed by atoms with Crippen molar-refractivity contribution in [2.45, 2.75) is 11.4 Å². The van der Waals surface area contributed by atoms with Crippen LogP contribution in [0.25, 0.3) is 10.2 Å². The molecule has 10 heteroatoms. The number of carbonyl (C=O) groups is 1. The summed E-state index contributed by atoms with van der Waals surface area (Å²) in [5.41, 5.74) is 0.991. The van der Waals surface area contributed by atoms with E-state index in [4.69, 9.17) is 9.15 Å². The fraction of sp³-hybridized carbons (Fsp3) is 0.143. The predicted molar refractivity (Wildman–Crippen MR) is 118 cm³/mol. The molecule has 2 aromatic carbocycles. The molecular formula is C21H19N3O5S2. The highest BCUT2D eigenvalue weighted by Crippen LogP contribution is 2.32. The maximum absolute atomic E-state index is 12.8. The van der Waals surface area contributed by atoms with E-state index in [2.05, 4.69) is 10.3 Å². The fourth-order valence-corrected chi connectivity index (χ4v) is 4.99. The number of amides is 1. The number of anilines is 1. The van der Waals surface area contributed by atoms with Crippen LogP contribution in [0.4, 0.5) is 5.13 Å². The molecule has 0 aliphatic carbocycles. The van der Waals surface area contributed by atoms with Gasteiger partial charge in [0.25, 0.3) is 5.91 Å². The molecule has 0 saturated heterocycles. The quantitative estimate of drug-likeness (QED) is 0.451. The van der Waals surface area contributed by atoms with Crippen LogP contribution in [-0.4, -0.2) is 37.8 Å². The van der Waals surface area contributed by atoms with Gasteiger partial charge in [0.2, 0.25) is 10.0 Å². The molecule has 0 radical (unpaired) electrons. The number of benzene rings is 2. The second kappa shape index (κ2) is 8.50. The summed E-state index contributed by atoms with van der Waals surface area (Å²) >= 11 is 1.33. The molecule has 4 aromatic rings. The van der Waals surface area contributed by atoms with Crippen molar-refractivity contribution in [1.82, 2.24) is 9.29 Å². The molecule has 8 nitrogen and oxygen atoms in total. The van der Waals surface area contributed by atoms with E-state index in [9.17, 15) is 13.2 Å². The Labute approximate surface area is 183 Å². The molecule has 0 bridgehead atoms. The van der Waals surface area contributed by atoms with Gasteiger partial charge < -0.3 is 9.15 Å². The molecule has 1 N–H and O–H groups in total. The molecule has 0 fully saturated rings. The molecule has 4 rings (SSSR count). The van der Waals surface area contributed by atoms with Gasteiger partial charge in [0.05, 0.1) is 29.5 Å². The first-order valence-corrected chi connectivity index (χ1v) is 11.5. The second-order valence-electron chi connectivity index (χ2n) is 6.64. The van der Waals surface area contributed by atoms with E-state index >= 15 is 0 Å². The van der Waals surface area contributed by atoms with Crippen LogP contribution >= 0.6 is 11.3 Å². The molecule has 2 heterocycles. The first-order chi connectivity index (χ1) is 14.9. The lowest BCUT2D eigenvalue weighted by Gasteiger charge is -2.16. The van der Waals surface area contributed by atoms with Crippen LogP contribution in [-0.2, 0) is 16.6 Å². The van der Waals surface area contributed by atoms with Crippen molar-refractivity contribution >= 4 is 42.6 Å². The molecule has 31 heavy (non-hydrogen) atoms. The van der Waals surface area contributed by atoms with E-state index in [-0.39, 0.29) is 17.3 Å². The number of para-hydroxylation sites is 1. The van der Waals surface area contributed by atoms with Gasteiger partial charge in [-0.05, 0) is 48.5 Å². The highest BCUT2D eigenvalue weighted by atomic mass is 32.2. The number of fused-ring (bicyclic) bond motifs is 1. The minimum absolute atomic E-state index is 0.0860. The number of nitrogens with zero attached hydrogens (tertiary/aromatic N) is 2. The number of hydrogen-bond donors (Lipinski definition) is 1. The number of furan rings is 1. The van der Waals surface area contributed by atoms with E-state index in [1.807, 2.05) is 12.1 Å². The highest BCUT2D eigenvalue weighted by molar-refractivity contribution is 7.89. The molecule has 0 unspecified atom stereocenters. The van der Waals surface area contributed by atoms with E-state index in [0.717, 1.165) is 4.70 Å². The Hall–Kier alpha value is -3.21. The van der Waals surface area contributed by atoms with Crippen molar-refractivity contribution in [3.8, 4) is 5.75 Å². The molecule has 1 amide bonds. The predicted octanol–water partition coefficient (Wildman–Crippen LogP) is 3.97. The van der Waals surface area contributed by atoms with Gasteiger partial charge in [0.15, 0.2) is 5.13 Å². The van der Waals surface area contributed by atoms with E-state index in [0.29, 0.717) is 27.7 Å². The Morgan fingerprint density at radius 3 is 2.61 bits per heavy atom. The third-order valence-corrected chi connectivity index (χ3v) is 7.36. The molecular weight excluding hydrogens is 438 g/mol. The fourth-order valence-electron chi connectivity index (χ4n) is 2.98.